The van der Waals surface area contributed by atoms with Crippen molar-refractivity contribution in [3.05, 3.63) is 0 Å². The normalized spacial score (nSPS) is 58.8. The second-order valence-corrected chi connectivity index (χ2v) is 26.5. The highest BCUT2D eigenvalue weighted by Gasteiger charge is 2.69. The Labute approximate surface area is 475 Å². The number of aliphatic hydroxyl groups is 15. The van der Waals surface area contributed by atoms with Crippen LogP contribution in [0.4, 0.5) is 0 Å². The molecule has 1 spiro atoms. The van der Waals surface area contributed by atoms with Gasteiger partial charge < -0.3 is 133 Å². The Morgan fingerprint density at radius 1 is 0.451 bits per heavy atom. The molecular weight excluding hydrogens is 1090 g/mol. The van der Waals surface area contributed by atoms with Crippen LogP contribution in [0.5, 0.6) is 0 Å². The Morgan fingerprint density at radius 2 is 0.976 bits per heavy atom. The third kappa shape index (κ3) is 10.8. The van der Waals surface area contributed by atoms with E-state index in [9.17, 15) is 76.6 Å². The van der Waals surface area contributed by atoms with E-state index in [4.69, 9.17) is 56.8 Å². The molecule has 4 aliphatic carbocycles. The van der Waals surface area contributed by atoms with Gasteiger partial charge in [-0.2, -0.15) is 0 Å². The van der Waals surface area contributed by atoms with Crippen LogP contribution in [0.2, 0.25) is 0 Å². The molecule has 7 saturated heterocycles. The highest BCUT2D eigenvalue weighted by molar-refractivity contribution is 5.16. The molecule has 11 aliphatic rings. The Hall–Kier alpha value is -1.08. The van der Waals surface area contributed by atoms with Crippen LogP contribution in [0, 0.1) is 52.3 Å². The van der Waals surface area contributed by atoms with E-state index in [1.807, 2.05) is 0 Å². The number of hydrogen-bond donors (Lipinski definition) is 15. The van der Waals surface area contributed by atoms with Crippen LogP contribution in [0.15, 0.2) is 0 Å². The van der Waals surface area contributed by atoms with Crippen LogP contribution < -0.4 is 0 Å². The molecule has 37 atom stereocenters. The summed E-state index contributed by atoms with van der Waals surface area (Å²) in [5.74, 6) is 3.20. The second kappa shape index (κ2) is 24.0. The minimum Gasteiger partial charge on any atom is -0.394 e. The minimum absolute atomic E-state index is 0.128. The average molecular weight is 1180 g/mol. The van der Waals surface area contributed by atoms with Gasteiger partial charge in [-0.3, -0.25) is 0 Å². The largest absolute Gasteiger partial charge is 0.394 e. The summed E-state index contributed by atoms with van der Waals surface area (Å²) in [6.45, 7) is 10.1. The van der Waals surface area contributed by atoms with E-state index in [2.05, 4.69) is 27.7 Å². The fourth-order valence-corrected chi connectivity index (χ4v) is 17.2. The Kier molecular flexibility index (Phi) is 18.3. The van der Waals surface area contributed by atoms with Gasteiger partial charge in [0.05, 0.1) is 38.1 Å². The van der Waals surface area contributed by atoms with Crippen molar-refractivity contribution in [1.82, 2.24) is 0 Å². The third-order valence-corrected chi connectivity index (χ3v) is 21.9. The van der Waals surface area contributed by atoms with Gasteiger partial charge in [-0.15, -0.1) is 0 Å². The quantitative estimate of drug-likeness (QED) is 0.0825. The zero-order valence-electron chi connectivity index (χ0n) is 46.9. The lowest BCUT2D eigenvalue weighted by molar-refractivity contribution is -0.408. The number of aliphatic hydroxyl groups excluding tert-OH is 15. The molecule has 0 radical (unpaired) electrons. The summed E-state index contributed by atoms with van der Waals surface area (Å²) in [6, 6.07) is 0. The summed E-state index contributed by atoms with van der Waals surface area (Å²) in [5, 5.41) is 162. The molecule has 7 aliphatic heterocycles. The Bertz CT molecular complexity index is 2140. The van der Waals surface area contributed by atoms with E-state index in [1.165, 1.54) is 12.8 Å². The maximum atomic E-state index is 11.6. The molecule has 27 heteroatoms. The van der Waals surface area contributed by atoms with Crippen molar-refractivity contribution in [1.29, 1.82) is 0 Å². The predicted molar refractivity (Wildman–Crippen MR) is 270 cm³/mol. The van der Waals surface area contributed by atoms with Crippen LogP contribution in [0.25, 0.3) is 0 Å². The van der Waals surface area contributed by atoms with Crippen molar-refractivity contribution in [3.8, 4) is 0 Å². The van der Waals surface area contributed by atoms with Gasteiger partial charge in [-0.05, 0) is 111 Å². The van der Waals surface area contributed by atoms with E-state index in [-0.39, 0.29) is 23.0 Å². The molecule has 11 fully saturated rings. The number of rotatable bonds is 12. The van der Waals surface area contributed by atoms with Crippen LogP contribution in [-0.2, 0) is 56.8 Å². The standard InChI is InChI=1S/C55H90O27/c1-19-8-13-55(71-18-19)20(2)30-27(82-55)15-26-24-7-6-22-14-23(9-11-53(22,4)25(24)10-12-54(26,30)5)73-48-37(64)32(59)42(21(3)72-48)76-49-38(65)33(60)44(29(17-57)74-49)78-52-41(68)45(40(67)47(70)81-52)79-50-39(66)34(61)43(28(16-56)75-50)77-51-36(63)31(58)35(62)46(69)80-51/h19-52,56-70H,6-18H2,1-5H3. The van der Waals surface area contributed by atoms with Gasteiger partial charge in [0.2, 0.25) is 0 Å². The lowest BCUT2D eigenvalue weighted by atomic mass is 9.44. The van der Waals surface area contributed by atoms with Crippen LogP contribution in [0.3, 0.4) is 0 Å². The SMILES string of the molecule is CC1CCC2(OC1)OC1CC3C4CCC5CC(OC6OC(C)C(OC7OC(CO)C(OC8OC(O)C(O)C(OC9OC(CO)C(OC%10OC(O)C(O)C(O)C%10O)C(O)C9O)C8O)C(O)C7O)C(O)C6O)CCC5(C)C4CCC3(C)C1C2C. The van der Waals surface area contributed by atoms with E-state index in [0.717, 1.165) is 58.0 Å². The maximum Gasteiger partial charge on any atom is 0.189 e. The summed E-state index contributed by atoms with van der Waals surface area (Å²) < 4.78 is 70.8. The molecule has 0 aromatic heterocycles. The molecule has 37 unspecified atom stereocenters. The number of ether oxygens (including phenoxy) is 12. The molecule has 82 heavy (non-hydrogen) atoms. The van der Waals surface area contributed by atoms with Gasteiger partial charge in [0.25, 0.3) is 0 Å². The molecule has 0 amide bonds. The van der Waals surface area contributed by atoms with Crippen molar-refractivity contribution >= 4 is 0 Å². The highest BCUT2D eigenvalue weighted by atomic mass is 16.8. The monoisotopic (exact) mass is 1180 g/mol. The van der Waals surface area contributed by atoms with Gasteiger partial charge >= 0.3 is 0 Å². The van der Waals surface area contributed by atoms with Crippen molar-refractivity contribution in [2.75, 3.05) is 19.8 Å². The molecule has 472 valence electrons. The number of fused-ring (bicyclic) bond motifs is 7. The lowest BCUT2D eigenvalue weighted by Gasteiger charge is -2.61. The molecule has 0 bridgehead atoms. The topological polar surface area (TPSA) is 414 Å². The molecule has 27 nitrogen and oxygen atoms in total. The molecule has 7 heterocycles. The smallest absolute Gasteiger partial charge is 0.189 e. The first kappa shape index (κ1) is 62.5. The average Bonchev–Trinajstić information content (AvgIpc) is 4.09. The van der Waals surface area contributed by atoms with E-state index < -0.39 is 173 Å². The fraction of sp³-hybridized carbons (Fsp3) is 1.00. The van der Waals surface area contributed by atoms with Gasteiger partial charge in [0.1, 0.15) is 104 Å². The van der Waals surface area contributed by atoms with Crippen molar-refractivity contribution in [2.24, 2.45) is 52.3 Å². The first-order valence-electron chi connectivity index (χ1n) is 29.8. The van der Waals surface area contributed by atoms with Crippen molar-refractivity contribution < 1.29 is 133 Å². The van der Waals surface area contributed by atoms with E-state index >= 15 is 0 Å². The van der Waals surface area contributed by atoms with Crippen molar-refractivity contribution in [2.45, 2.75) is 271 Å². The summed E-state index contributed by atoms with van der Waals surface area (Å²) in [6.07, 6.45) is -35.7. The molecule has 0 aromatic rings. The predicted octanol–water partition coefficient (Wildman–Crippen LogP) is -4.14. The molecular formula is C55H90O27. The molecule has 0 aromatic carbocycles. The first-order valence-corrected chi connectivity index (χ1v) is 29.8. The highest BCUT2D eigenvalue weighted by Crippen LogP contribution is 2.71. The maximum absolute atomic E-state index is 11.6. The van der Waals surface area contributed by atoms with Gasteiger partial charge in [-0.25, -0.2) is 0 Å². The summed E-state index contributed by atoms with van der Waals surface area (Å²) in [7, 11) is 0. The van der Waals surface area contributed by atoms with Gasteiger partial charge in [-0.1, -0.05) is 27.7 Å². The van der Waals surface area contributed by atoms with Gasteiger partial charge in [0, 0.05) is 12.3 Å². The number of hydrogen-bond acceptors (Lipinski definition) is 27. The van der Waals surface area contributed by atoms with E-state index in [0.29, 0.717) is 41.4 Å². The van der Waals surface area contributed by atoms with Crippen LogP contribution >= 0.6 is 0 Å². The van der Waals surface area contributed by atoms with Gasteiger partial charge in [0.15, 0.2) is 49.8 Å². The molecule has 15 N–H and O–H groups in total. The molecule has 11 rings (SSSR count). The molecule has 4 saturated carbocycles. The summed E-state index contributed by atoms with van der Waals surface area (Å²) in [5.41, 5.74) is 0.342. The van der Waals surface area contributed by atoms with Crippen LogP contribution in [-0.4, -0.2) is 268 Å². The first-order chi connectivity index (χ1) is 38.8. The Morgan fingerprint density at radius 3 is 1.57 bits per heavy atom. The van der Waals surface area contributed by atoms with Crippen molar-refractivity contribution in [3.63, 3.8) is 0 Å². The summed E-state index contributed by atoms with van der Waals surface area (Å²) in [4.78, 5) is 0. The lowest BCUT2D eigenvalue weighted by Crippen LogP contribution is -2.67. The zero-order chi connectivity index (χ0) is 58.8. The van der Waals surface area contributed by atoms with Crippen LogP contribution in [0.1, 0.15) is 98.8 Å². The second-order valence-electron chi connectivity index (χ2n) is 26.5. The fourth-order valence-electron chi connectivity index (χ4n) is 17.2. The third-order valence-electron chi connectivity index (χ3n) is 21.9. The minimum atomic E-state index is -2.22. The Balaban J connectivity index is 0.670. The van der Waals surface area contributed by atoms with E-state index in [1.54, 1.807) is 6.92 Å². The summed E-state index contributed by atoms with van der Waals surface area (Å²) >= 11 is 0. The zero-order valence-corrected chi connectivity index (χ0v) is 46.9.